The molecule has 1 saturated heterocycles. The summed E-state index contributed by atoms with van der Waals surface area (Å²) in [7, 11) is 0. The fourth-order valence-corrected chi connectivity index (χ4v) is 3.52. The molecule has 0 radical (unpaired) electrons. The Balaban J connectivity index is 1.59. The molecule has 32 heavy (non-hydrogen) atoms. The normalized spacial score (nSPS) is 13.8. The number of ether oxygens (including phenoxy) is 1. The first-order valence-corrected chi connectivity index (χ1v) is 10.8. The highest BCUT2D eigenvalue weighted by atomic mass is 127. The molecule has 0 unspecified atom stereocenters. The van der Waals surface area contributed by atoms with Crippen molar-refractivity contribution >= 4 is 58.0 Å². The molecule has 0 amide bonds. The minimum absolute atomic E-state index is 0.0297. The topological polar surface area (TPSA) is 131 Å². The lowest BCUT2D eigenvalue weighted by Gasteiger charge is -2.27. The minimum Gasteiger partial charge on any atom is -0.378 e. The highest BCUT2D eigenvalue weighted by molar-refractivity contribution is 14.1. The van der Waals surface area contributed by atoms with Crippen LogP contribution in [0.3, 0.4) is 0 Å². The number of nitro benzene ring substituents is 1. The molecule has 1 aliphatic heterocycles. The predicted octanol–water partition coefficient (Wildman–Crippen LogP) is 3.41. The number of halogens is 1. The molecule has 0 atom stereocenters. The maximum atomic E-state index is 11.1. The Bertz CT molecular complexity index is 1140. The van der Waals surface area contributed by atoms with Gasteiger partial charge in [0.1, 0.15) is 0 Å². The van der Waals surface area contributed by atoms with Gasteiger partial charge in [0.05, 0.1) is 24.4 Å². The molecular formula is C20H19IN8O3. The SMILES string of the molecule is O=[N+]([O-])c1cccc(Nc2nc(N/N=C\c3cccc(I)c3)nc(N3CCOCC3)n2)c1. The average molecular weight is 546 g/mol. The Morgan fingerprint density at radius 2 is 1.88 bits per heavy atom. The quantitative estimate of drug-likeness (QED) is 0.198. The van der Waals surface area contributed by atoms with Gasteiger partial charge in [-0.05, 0) is 46.4 Å². The van der Waals surface area contributed by atoms with Gasteiger partial charge in [-0.1, -0.05) is 18.2 Å². The van der Waals surface area contributed by atoms with Crippen LogP contribution in [0.4, 0.5) is 29.2 Å². The summed E-state index contributed by atoms with van der Waals surface area (Å²) >= 11 is 2.24. The second-order valence-corrected chi connectivity index (χ2v) is 7.99. The number of morpholine rings is 1. The Hall–Kier alpha value is -3.39. The average Bonchev–Trinajstić information content (AvgIpc) is 2.80. The van der Waals surface area contributed by atoms with Crippen molar-refractivity contribution < 1.29 is 9.66 Å². The molecule has 4 rings (SSSR count). The number of hydrogen-bond acceptors (Lipinski definition) is 10. The molecular weight excluding hydrogens is 527 g/mol. The number of hydrazone groups is 1. The maximum absolute atomic E-state index is 11.1. The van der Waals surface area contributed by atoms with Crippen molar-refractivity contribution in [2.75, 3.05) is 41.9 Å². The number of rotatable bonds is 7. The Morgan fingerprint density at radius 1 is 1.09 bits per heavy atom. The Kier molecular flexibility index (Phi) is 7.01. The number of benzene rings is 2. The molecule has 164 valence electrons. The van der Waals surface area contributed by atoms with E-state index in [4.69, 9.17) is 4.74 Å². The van der Waals surface area contributed by atoms with E-state index < -0.39 is 4.92 Å². The number of nitro groups is 1. The standard InChI is InChI=1S/C20H19IN8O3/c21-15-4-1-3-14(11-15)13-22-27-19-24-18(23-16-5-2-6-17(12-16)29(30)31)25-20(26-19)28-7-9-32-10-8-28/h1-6,11-13H,7-10H2,(H2,23,24,25,26,27)/b22-13-. The van der Waals surface area contributed by atoms with Crippen LogP contribution in [0.15, 0.2) is 53.6 Å². The third-order valence-corrected chi connectivity index (χ3v) is 5.13. The molecule has 3 aromatic rings. The van der Waals surface area contributed by atoms with Crippen LogP contribution in [0, 0.1) is 13.7 Å². The highest BCUT2D eigenvalue weighted by Gasteiger charge is 2.17. The van der Waals surface area contributed by atoms with Crippen molar-refractivity contribution in [1.82, 2.24) is 15.0 Å². The van der Waals surface area contributed by atoms with Crippen LogP contribution in [0.25, 0.3) is 0 Å². The molecule has 0 aliphatic carbocycles. The van der Waals surface area contributed by atoms with E-state index in [2.05, 4.69) is 53.4 Å². The zero-order valence-electron chi connectivity index (χ0n) is 16.8. The smallest absolute Gasteiger partial charge is 0.271 e. The molecule has 1 aliphatic rings. The van der Waals surface area contributed by atoms with E-state index in [0.717, 1.165) is 9.13 Å². The van der Waals surface area contributed by atoms with Gasteiger partial charge < -0.3 is 15.0 Å². The van der Waals surface area contributed by atoms with Crippen molar-refractivity contribution in [3.8, 4) is 0 Å². The van der Waals surface area contributed by atoms with Crippen molar-refractivity contribution in [2.45, 2.75) is 0 Å². The van der Waals surface area contributed by atoms with Gasteiger partial charge in [0.25, 0.3) is 5.69 Å². The lowest BCUT2D eigenvalue weighted by molar-refractivity contribution is -0.384. The van der Waals surface area contributed by atoms with Crippen LogP contribution < -0.4 is 15.6 Å². The molecule has 0 saturated carbocycles. The van der Waals surface area contributed by atoms with Crippen LogP contribution in [0.5, 0.6) is 0 Å². The first-order chi connectivity index (χ1) is 15.6. The summed E-state index contributed by atoms with van der Waals surface area (Å²) in [6.07, 6.45) is 1.67. The minimum atomic E-state index is -0.454. The molecule has 11 nitrogen and oxygen atoms in total. The fourth-order valence-electron chi connectivity index (χ4n) is 2.95. The number of nitrogens with zero attached hydrogens (tertiary/aromatic N) is 6. The third kappa shape index (κ3) is 5.85. The van der Waals surface area contributed by atoms with Gasteiger partial charge >= 0.3 is 0 Å². The Morgan fingerprint density at radius 3 is 2.66 bits per heavy atom. The second kappa shape index (κ2) is 10.3. The summed E-state index contributed by atoms with van der Waals surface area (Å²) in [4.78, 5) is 25.9. The van der Waals surface area contributed by atoms with Gasteiger partial charge in [0, 0.05) is 34.5 Å². The number of non-ortho nitro benzene ring substituents is 1. The van der Waals surface area contributed by atoms with Gasteiger partial charge in [-0.2, -0.15) is 20.1 Å². The van der Waals surface area contributed by atoms with Crippen LogP contribution in [0.2, 0.25) is 0 Å². The van der Waals surface area contributed by atoms with E-state index in [0.29, 0.717) is 37.9 Å². The van der Waals surface area contributed by atoms with Crippen molar-refractivity contribution in [3.63, 3.8) is 0 Å². The van der Waals surface area contributed by atoms with Crippen LogP contribution in [-0.4, -0.2) is 52.4 Å². The van der Waals surface area contributed by atoms with E-state index in [1.165, 1.54) is 12.1 Å². The van der Waals surface area contributed by atoms with Crippen LogP contribution in [0.1, 0.15) is 5.56 Å². The molecule has 0 spiro atoms. The summed E-state index contributed by atoms with van der Waals surface area (Å²) < 4.78 is 6.51. The molecule has 1 fully saturated rings. The number of aromatic nitrogens is 3. The summed E-state index contributed by atoms with van der Waals surface area (Å²) in [6, 6.07) is 14.0. The molecule has 0 bridgehead atoms. The van der Waals surface area contributed by atoms with E-state index in [9.17, 15) is 10.1 Å². The van der Waals surface area contributed by atoms with Gasteiger partial charge in [-0.25, -0.2) is 5.43 Å². The van der Waals surface area contributed by atoms with Gasteiger partial charge in [0.2, 0.25) is 17.8 Å². The molecule has 2 heterocycles. The summed E-state index contributed by atoms with van der Waals surface area (Å²) in [5.41, 5.74) is 4.24. The van der Waals surface area contributed by atoms with Crippen molar-refractivity contribution in [2.24, 2.45) is 5.10 Å². The summed E-state index contributed by atoms with van der Waals surface area (Å²) in [5.74, 6) is 0.952. The van der Waals surface area contributed by atoms with Crippen molar-refractivity contribution in [1.29, 1.82) is 0 Å². The first-order valence-electron chi connectivity index (χ1n) is 9.72. The molecule has 2 N–H and O–H groups in total. The summed E-state index contributed by atoms with van der Waals surface area (Å²) in [5, 5.41) is 18.3. The number of hydrogen-bond donors (Lipinski definition) is 2. The molecule has 2 aromatic carbocycles. The molecule has 12 heteroatoms. The first kappa shape index (κ1) is 21.8. The van der Waals surface area contributed by atoms with E-state index in [-0.39, 0.29) is 17.6 Å². The fraction of sp³-hybridized carbons (Fsp3) is 0.200. The molecule has 1 aromatic heterocycles. The largest absolute Gasteiger partial charge is 0.378 e. The van der Waals surface area contributed by atoms with Crippen LogP contribution >= 0.6 is 22.6 Å². The lowest BCUT2D eigenvalue weighted by atomic mass is 10.2. The van der Waals surface area contributed by atoms with Gasteiger partial charge in [0.15, 0.2) is 0 Å². The Labute approximate surface area is 197 Å². The van der Waals surface area contributed by atoms with Crippen molar-refractivity contribution in [3.05, 3.63) is 67.8 Å². The monoisotopic (exact) mass is 546 g/mol. The lowest BCUT2D eigenvalue weighted by Crippen LogP contribution is -2.37. The maximum Gasteiger partial charge on any atom is 0.271 e. The zero-order chi connectivity index (χ0) is 22.3. The summed E-state index contributed by atoms with van der Waals surface area (Å²) in [6.45, 7) is 2.44. The van der Waals surface area contributed by atoms with E-state index >= 15 is 0 Å². The number of anilines is 4. The third-order valence-electron chi connectivity index (χ3n) is 4.46. The highest BCUT2D eigenvalue weighted by Crippen LogP contribution is 2.22. The zero-order valence-corrected chi connectivity index (χ0v) is 19.0. The van der Waals surface area contributed by atoms with Crippen LogP contribution in [-0.2, 0) is 4.74 Å². The second-order valence-electron chi connectivity index (χ2n) is 6.74. The predicted molar refractivity (Wildman–Crippen MR) is 130 cm³/mol. The van der Waals surface area contributed by atoms with E-state index in [1.807, 2.05) is 29.2 Å². The van der Waals surface area contributed by atoms with E-state index in [1.54, 1.807) is 18.3 Å². The van der Waals surface area contributed by atoms with Gasteiger partial charge in [-0.3, -0.25) is 10.1 Å². The van der Waals surface area contributed by atoms with Gasteiger partial charge in [-0.15, -0.1) is 0 Å². The number of nitrogens with one attached hydrogen (secondary N) is 2.